The van der Waals surface area contributed by atoms with Crippen LogP contribution >= 0.6 is 31.9 Å². The lowest BCUT2D eigenvalue weighted by Crippen LogP contribution is -2.03. The molecule has 0 radical (unpaired) electrons. The molecule has 0 atom stereocenters. The van der Waals surface area contributed by atoms with Crippen molar-refractivity contribution in [1.82, 2.24) is 0 Å². The molecule has 0 aliphatic carbocycles. The van der Waals surface area contributed by atoms with E-state index < -0.39 is 0 Å². The fourth-order valence-electron chi connectivity index (χ4n) is 1.30. The lowest BCUT2D eigenvalue weighted by Gasteiger charge is -2.07. The van der Waals surface area contributed by atoms with Gasteiger partial charge in [-0.3, -0.25) is 4.79 Å². The number of rotatable bonds is 4. The van der Waals surface area contributed by atoms with Crippen molar-refractivity contribution in [3.8, 4) is 0 Å². The minimum atomic E-state index is -0.168. The summed E-state index contributed by atoms with van der Waals surface area (Å²) in [6.07, 6.45) is 1.15. The Morgan fingerprint density at radius 2 is 2.13 bits per heavy atom. The van der Waals surface area contributed by atoms with Gasteiger partial charge in [0.25, 0.3) is 0 Å². The monoisotopic (exact) mass is 334 g/mol. The van der Waals surface area contributed by atoms with E-state index in [1.807, 2.05) is 12.1 Å². The van der Waals surface area contributed by atoms with Crippen LogP contribution in [-0.4, -0.2) is 13.1 Å². The summed E-state index contributed by atoms with van der Waals surface area (Å²) in [5, 5.41) is 0.795. The molecule has 1 rings (SSSR count). The second kappa shape index (κ2) is 6.28. The summed E-state index contributed by atoms with van der Waals surface area (Å²) < 4.78 is 5.66. The fraction of sp³-hybridized carbons (Fsp3) is 0.364. The molecule has 1 aromatic carbocycles. The van der Waals surface area contributed by atoms with E-state index in [0.717, 1.165) is 16.2 Å². The summed E-state index contributed by atoms with van der Waals surface area (Å²) in [5.41, 5.74) is 2.38. The number of hydrogen-bond donors (Lipinski definition) is 0. The molecule has 82 valence electrons. The maximum Gasteiger partial charge on any atom is 0.305 e. The van der Waals surface area contributed by atoms with Crippen molar-refractivity contribution in [1.29, 1.82) is 0 Å². The third-order valence-electron chi connectivity index (χ3n) is 2.14. The summed E-state index contributed by atoms with van der Waals surface area (Å²) in [6, 6.07) is 6.07. The van der Waals surface area contributed by atoms with E-state index in [-0.39, 0.29) is 5.97 Å². The van der Waals surface area contributed by atoms with Crippen molar-refractivity contribution in [2.45, 2.75) is 18.2 Å². The molecule has 15 heavy (non-hydrogen) atoms. The van der Waals surface area contributed by atoms with Crippen LogP contribution in [0.1, 0.15) is 17.5 Å². The van der Waals surface area contributed by atoms with Gasteiger partial charge in [-0.2, -0.15) is 0 Å². The molecular formula is C11H12Br2O2. The highest BCUT2D eigenvalue weighted by molar-refractivity contribution is 9.10. The van der Waals surface area contributed by atoms with E-state index in [9.17, 15) is 4.79 Å². The zero-order chi connectivity index (χ0) is 11.3. The second-order valence-electron chi connectivity index (χ2n) is 3.12. The molecule has 0 fully saturated rings. The first-order valence-electron chi connectivity index (χ1n) is 4.57. The van der Waals surface area contributed by atoms with Gasteiger partial charge in [0.15, 0.2) is 0 Å². The van der Waals surface area contributed by atoms with Crippen LogP contribution < -0.4 is 0 Å². The van der Waals surface area contributed by atoms with Gasteiger partial charge >= 0.3 is 5.97 Å². The van der Waals surface area contributed by atoms with Gasteiger partial charge in [-0.1, -0.05) is 37.9 Å². The average molecular weight is 336 g/mol. The maximum absolute atomic E-state index is 11.0. The zero-order valence-electron chi connectivity index (χ0n) is 8.43. The molecule has 0 aliphatic heterocycles. The van der Waals surface area contributed by atoms with Crippen molar-refractivity contribution >= 4 is 37.8 Å². The molecule has 0 bridgehead atoms. The predicted octanol–water partition coefficient (Wildman–Crippen LogP) is 3.45. The van der Waals surface area contributed by atoms with Crippen LogP contribution in [0.25, 0.3) is 0 Å². The SMILES string of the molecule is COC(=O)CCc1ccc(Br)cc1CBr. The van der Waals surface area contributed by atoms with E-state index in [1.54, 1.807) is 0 Å². The number of methoxy groups -OCH3 is 1. The Bertz CT molecular complexity index is 350. The topological polar surface area (TPSA) is 26.3 Å². The van der Waals surface area contributed by atoms with Gasteiger partial charge in [-0.15, -0.1) is 0 Å². The summed E-state index contributed by atoms with van der Waals surface area (Å²) in [4.78, 5) is 11.0. The summed E-state index contributed by atoms with van der Waals surface area (Å²) in [7, 11) is 1.41. The number of aryl methyl sites for hydroxylation is 1. The summed E-state index contributed by atoms with van der Waals surface area (Å²) in [5.74, 6) is -0.168. The molecule has 0 heterocycles. The quantitative estimate of drug-likeness (QED) is 0.622. The molecule has 0 saturated heterocycles. The van der Waals surface area contributed by atoms with Crippen LogP contribution in [0.2, 0.25) is 0 Å². The van der Waals surface area contributed by atoms with Crippen molar-refractivity contribution < 1.29 is 9.53 Å². The molecule has 4 heteroatoms. The number of halogens is 2. The molecular weight excluding hydrogens is 324 g/mol. The van der Waals surface area contributed by atoms with E-state index in [2.05, 4.69) is 42.7 Å². The van der Waals surface area contributed by atoms with Crippen LogP contribution in [0.15, 0.2) is 22.7 Å². The van der Waals surface area contributed by atoms with E-state index in [1.165, 1.54) is 18.2 Å². The average Bonchev–Trinajstić information content (AvgIpc) is 2.26. The van der Waals surface area contributed by atoms with E-state index in [0.29, 0.717) is 6.42 Å². The highest BCUT2D eigenvalue weighted by Crippen LogP contribution is 2.20. The smallest absolute Gasteiger partial charge is 0.305 e. The molecule has 1 aromatic rings. The third-order valence-corrected chi connectivity index (χ3v) is 3.24. The largest absolute Gasteiger partial charge is 0.469 e. The molecule has 0 N–H and O–H groups in total. The molecule has 0 amide bonds. The number of esters is 1. The number of benzene rings is 1. The number of carbonyl (C=O) groups excluding carboxylic acids is 1. The zero-order valence-corrected chi connectivity index (χ0v) is 11.6. The summed E-state index contributed by atoms with van der Waals surface area (Å²) >= 11 is 6.85. The normalized spacial score (nSPS) is 10.1. The van der Waals surface area contributed by atoms with Crippen LogP contribution in [0.4, 0.5) is 0 Å². The van der Waals surface area contributed by atoms with Gasteiger partial charge in [0, 0.05) is 16.2 Å². The molecule has 0 spiro atoms. The molecule has 0 unspecified atom stereocenters. The van der Waals surface area contributed by atoms with Crippen molar-refractivity contribution in [3.63, 3.8) is 0 Å². The molecule has 2 nitrogen and oxygen atoms in total. The van der Waals surface area contributed by atoms with Gasteiger partial charge in [-0.25, -0.2) is 0 Å². The molecule has 0 aromatic heterocycles. The predicted molar refractivity (Wildman–Crippen MR) is 67.1 cm³/mol. The lowest BCUT2D eigenvalue weighted by atomic mass is 10.0. The number of ether oxygens (including phenoxy) is 1. The Morgan fingerprint density at radius 1 is 1.40 bits per heavy atom. The van der Waals surface area contributed by atoms with Gasteiger partial charge in [0.2, 0.25) is 0 Å². The van der Waals surface area contributed by atoms with Crippen molar-refractivity contribution in [2.75, 3.05) is 7.11 Å². The van der Waals surface area contributed by atoms with Gasteiger partial charge in [-0.05, 0) is 29.7 Å². The van der Waals surface area contributed by atoms with Gasteiger partial charge < -0.3 is 4.74 Å². The van der Waals surface area contributed by atoms with Crippen LogP contribution in [0.5, 0.6) is 0 Å². The molecule has 0 aliphatic rings. The Balaban J connectivity index is 2.72. The highest BCUT2D eigenvalue weighted by atomic mass is 79.9. The summed E-state index contributed by atoms with van der Waals surface area (Å²) in [6.45, 7) is 0. The standard InChI is InChI=1S/C11H12Br2O2/c1-15-11(14)5-3-8-2-4-10(13)6-9(8)7-12/h2,4,6H,3,5,7H2,1H3. The van der Waals surface area contributed by atoms with Crippen LogP contribution in [0.3, 0.4) is 0 Å². The second-order valence-corrected chi connectivity index (χ2v) is 4.60. The number of carbonyl (C=O) groups is 1. The third kappa shape index (κ3) is 3.95. The van der Waals surface area contributed by atoms with Crippen LogP contribution in [-0.2, 0) is 21.3 Å². The van der Waals surface area contributed by atoms with E-state index in [4.69, 9.17) is 0 Å². The number of hydrogen-bond acceptors (Lipinski definition) is 2. The first-order valence-corrected chi connectivity index (χ1v) is 6.49. The van der Waals surface area contributed by atoms with Gasteiger partial charge in [0.05, 0.1) is 7.11 Å². The number of alkyl halides is 1. The Hall–Kier alpha value is -0.350. The van der Waals surface area contributed by atoms with Gasteiger partial charge in [0.1, 0.15) is 0 Å². The maximum atomic E-state index is 11.0. The fourth-order valence-corrected chi connectivity index (χ4v) is 2.23. The Kier molecular flexibility index (Phi) is 5.32. The minimum Gasteiger partial charge on any atom is -0.469 e. The van der Waals surface area contributed by atoms with Crippen molar-refractivity contribution in [3.05, 3.63) is 33.8 Å². The Labute approximate surface area is 106 Å². The minimum absolute atomic E-state index is 0.168. The Morgan fingerprint density at radius 3 is 2.73 bits per heavy atom. The first kappa shape index (κ1) is 12.7. The van der Waals surface area contributed by atoms with Crippen LogP contribution in [0, 0.1) is 0 Å². The van der Waals surface area contributed by atoms with Crippen molar-refractivity contribution in [2.24, 2.45) is 0 Å². The first-order chi connectivity index (χ1) is 7.17. The molecule has 0 saturated carbocycles. The highest BCUT2D eigenvalue weighted by Gasteiger charge is 2.05. The lowest BCUT2D eigenvalue weighted by molar-refractivity contribution is -0.140. The van der Waals surface area contributed by atoms with E-state index >= 15 is 0 Å².